The summed E-state index contributed by atoms with van der Waals surface area (Å²) in [7, 11) is 0. The predicted molar refractivity (Wildman–Crippen MR) is 79.4 cm³/mol. The average Bonchev–Trinajstić information content (AvgIpc) is 2.48. The minimum absolute atomic E-state index is 0.0744. The van der Waals surface area contributed by atoms with Crippen molar-refractivity contribution in [3.05, 3.63) is 48.1 Å². The predicted octanol–water partition coefficient (Wildman–Crippen LogP) is 2.66. The van der Waals surface area contributed by atoms with Crippen LogP contribution < -0.4 is 0 Å². The summed E-state index contributed by atoms with van der Waals surface area (Å²) in [5.74, 6) is 0.578. The number of pyridine rings is 1. The molecule has 0 aliphatic heterocycles. The van der Waals surface area contributed by atoms with Crippen LogP contribution in [0.2, 0.25) is 0 Å². The molecule has 0 aliphatic carbocycles. The Morgan fingerprint density at radius 2 is 1.90 bits per heavy atom. The number of aliphatic hydroxyl groups excluding tert-OH is 1. The van der Waals surface area contributed by atoms with Gasteiger partial charge in [0.15, 0.2) is 17.4 Å². The number of carbonyl (C=O) groups is 1. The van der Waals surface area contributed by atoms with Crippen molar-refractivity contribution in [1.82, 2.24) is 15.0 Å². The second kappa shape index (κ2) is 6.51. The van der Waals surface area contributed by atoms with Crippen molar-refractivity contribution in [3.63, 3.8) is 0 Å². The molecule has 0 unspecified atom stereocenters. The van der Waals surface area contributed by atoms with E-state index in [1.54, 1.807) is 36.8 Å². The molecular weight excluding hydrogens is 268 g/mol. The first kappa shape index (κ1) is 14.5. The van der Waals surface area contributed by atoms with E-state index in [0.717, 1.165) is 5.56 Å². The van der Waals surface area contributed by atoms with Crippen LogP contribution in [0.15, 0.2) is 53.1 Å². The number of aliphatic hydroxyl groups is 1. The van der Waals surface area contributed by atoms with Crippen molar-refractivity contribution >= 4 is 17.8 Å². The molecule has 2 heterocycles. The molecule has 0 saturated carbocycles. The van der Waals surface area contributed by atoms with E-state index < -0.39 is 0 Å². The van der Waals surface area contributed by atoms with Gasteiger partial charge in [0.2, 0.25) is 0 Å². The fourth-order valence-electron chi connectivity index (χ4n) is 1.63. The molecule has 1 N–H and O–H groups in total. The molecule has 0 atom stereocenters. The third-order valence-electron chi connectivity index (χ3n) is 2.67. The van der Waals surface area contributed by atoms with Crippen LogP contribution in [-0.2, 0) is 4.79 Å². The maximum absolute atomic E-state index is 11.3. The summed E-state index contributed by atoms with van der Waals surface area (Å²) in [6.45, 7) is 2.80. The molecule has 2 aromatic heterocycles. The lowest BCUT2D eigenvalue weighted by atomic mass is 10.2. The van der Waals surface area contributed by atoms with Crippen molar-refractivity contribution in [2.45, 2.75) is 13.8 Å². The summed E-state index contributed by atoms with van der Waals surface area (Å²) >= 11 is 0. The second-order valence-electron chi connectivity index (χ2n) is 4.29. The summed E-state index contributed by atoms with van der Waals surface area (Å²) in [5, 5.41) is 9.42. The lowest BCUT2D eigenvalue weighted by Gasteiger charge is -2.01. The smallest absolute Gasteiger partial charge is 0.164 e. The van der Waals surface area contributed by atoms with Gasteiger partial charge in [-0.15, -0.1) is 0 Å². The van der Waals surface area contributed by atoms with Crippen LogP contribution in [0.25, 0.3) is 11.4 Å². The lowest BCUT2D eigenvalue weighted by Crippen LogP contribution is -2.01. The minimum Gasteiger partial charge on any atom is -0.512 e. The molecule has 21 heavy (non-hydrogen) atoms. The highest BCUT2D eigenvalue weighted by atomic mass is 16.3. The van der Waals surface area contributed by atoms with E-state index in [9.17, 15) is 9.90 Å². The highest BCUT2D eigenvalue weighted by molar-refractivity contribution is 6.12. The molecular formula is C15H14N4O2. The zero-order valence-corrected chi connectivity index (χ0v) is 11.7. The van der Waals surface area contributed by atoms with Gasteiger partial charge < -0.3 is 5.11 Å². The number of carbonyl (C=O) groups excluding carboxylic acids is 1. The summed E-state index contributed by atoms with van der Waals surface area (Å²) in [4.78, 5) is 27.8. The number of aromatic nitrogens is 3. The molecule has 0 fully saturated rings. The van der Waals surface area contributed by atoms with E-state index in [0.29, 0.717) is 11.6 Å². The number of ketones is 1. The molecule has 6 heteroatoms. The van der Waals surface area contributed by atoms with Crippen LogP contribution in [0.5, 0.6) is 0 Å². The zero-order valence-electron chi connectivity index (χ0n) is 11.7. The molecule has 0 bridgehead atoms. The van der Waals surface area contributed by atoms with Gasteiger partial charge in [-0.05, 0) is 26.0 Å². The molecule has 2 rings (SSSR count). The summed E-state index contributed by atoms with van der Waals surface area (Å²) < 4.78 is 0. The topological polar surface area (TPSA) is 88.3 Å². The molecule has 0 aromatic carbocycles. The van der Waals surface area contributed by atoms with E-state index in [1.165, 1.54) is 20.1 Å². The first-order valence-electron chi connectivity index (χ1n) is 6.26. The molecule has 6 nitrogen and oxygen atoms in total. The number of hydrogen-bond acceptors (Lipinski definition) is 6. The Bertz CT molecular complexity index is 705. The van der Waals surface area contributed by atoms with E-state index in [4.69, 9.17) is 0 Å². The van der Waals surface area contributed by atoms with Crippen LogP contribution in [0.4, 0.5) is 5.82 Å². The van der Waals surface area contributed by atoms with Crippen LogP contribution in [-0.4, -0.2) is 32.1 Å². The molecule has 0 amide bonds. The lowest BCUT2D eigenvalue weighted by molar-refractivity contribution is -0.113. The first-order chi connectivity index (χ1) is 10.1. The van der Waals surface area contributed by atoms with Crippen LogP contribution in [0, 0.1) is 0 Å². The van der Waals surface area contributed by atoms with E-state index in [2.05, 4.69) is 19.9 Å². The highest BCUT2D eigenvalue weighted by Gasteiger charge is 2.05. The quantitative estimate of drug-likeness (QED) is 0.529. The van der Waals surface area contributed by atoms with E-state index in [-0.39, 0.29) is 17.1 Å². The van der Waals surface area contributed by atoms with Gasteiger partial charge in [0, 0.05) is 36.4 Å². The molecule has 0 spiro atoms. The molecule has 0 saturated heterocycles. The average molecular weight is 282 g/mol. The maximum Gasteiger partial charge on any atom is 0.164 e. The van der Waals surface area contributed by atoms with E-state index >= 15 is 0 Å². The molecule has 0 radical (unpaired) electrons. The minimum atomic E-state index is -0.262. The molecule has 106 valence electrons. The van der Waals surface area contributed by atoms with Gasteiger partial charge in [-0.2, -0.15) is 0 Å². The summed E-state index contributed by atoms with van der Waals surface area (Å²) in [6.07, 6.45) is 6.19. The van der Waals surface area contributed by atoms with Gasteiger partial charge in [0.1, 0.15) is 5.76 Å². The van der Waals surface area contributed by atoms with Crippen molar-refractivity contribution < 1.29 is 9.90 Å². The highest BCUT2D eigenvalue weighted by Crippen LogP contribution is 2.16. The molecule has 2 aromatic rings. The number of Topliss-reactive ketones (excluding diaryl/α,β-unsaturated/α-hetero) is 1. The van der Waals surface area contributed by atoms with Crippen molar-refractivity contribution in [2.24, 2.45) is 4.99 Å². The number of nitrogens with zero attached hydrogens (tertiary/aromatic N) is 4. The third-order valence-corrected chi connectivity index (χ3v) is 2.67. The standard InChI is InChI=1S/C15H14N4O2/c1-10(20)13(11(2)21)9-18-14-5-8-17-15(19-14)12-3-6-16-7-4-12/h3-9,20H,1-2H3/b13-10-,18-9?. The fraction of sp³-hybridized carbons (Fsp3) is 0.133. The largest absolute Gasteiger partial charge is 0.512 e. The van der Waals surface area contributed by atoms with Crippen molar-refractivity contribution in [1.29, 1.82) is 0 Å². The van der Waals surface area contributed by atoms with Crippen molar-refractivity contribution in [3.8, 4) is 11.4 Å². The summed E-state index contributed by atoms with van der Waals surface area (Å²) in [5.41, 5.74) is 0.974. The van der Waals surface area contributed by atoms with E-state index in [1.807, 2.05) is 0 Å². The summed E-state index contributed by atoms with van der Waals surface area (Å²) in [6, 6.07) is 5.20. The Kier molecular flexibility index (Phi) is 4.50. The third kappa shape index (κ3) is 3.79. The number of aliphatic imine (C=N–C) groups is 1. The van der Waals surface area contributed by atoms with Gasteiger partial charge in [0.05, 0.1) is 5.57 Å². The van der Waals surface area contributed by atoms with Crippen molar-refractivity contribution in [2.75, 3.05) is 0 Å². The van der Waals surface area contributed by atoms with Gasteiger partial charge in [-0.25, -0.2) is 15.0 Å². The fourth-order valence-corrected chi connectivity index (χ4v) is 1.63. The van der Waals surface area contributed by atoms with Gasteiger partial charge in [-0.1, -0.05) is 0 Å². The normalized spacial score (nSPS) is 12.3. The second-order valence-corrected chi connectivity index (χ2v) is 4.29. The van der Waals surface area contributed by atoms with Crippen LogP contribution in [0.1, 0.15) is 13.8 Å². The van der Waals surface area contributed by atoms with Gasteiger partial charge in [-0.3, -0.25) is 9.78 Å². The maximum atomic E-state index is 11.3. The SMILES string of the molecule is CC(=O)/C(C=Nc1ccnc(-c2ccncc2)n1)=C(/C)O. The number of allylic oxidation sites excluding steroid dienone is 2. The van der Waals surface area contributed by atoms with Crippen LogP contribution >= 0.6 is 0 Å². The van der Waals surface area contributed by atoms with Gasteiger partial charge >= 0.3 is 0 Å². The Labute approximate surface area is 121 Å². The monoisotopic (exact) mass is 282 g/mol. The van der Waals surface area contributed by atoms with Gasteiger partial charge in [0.25, 0.3) is 0 Å². The number of hydrogen-bond donors (Lipinski definition) is 1. The Morgan fingerprint density at radius 3 is 2.52 bits per heavy atom. The number of rotatable bonds is 4. The Hall–Kier alpha value is -2.89. The molecule has 0 aliphatic rings. The zero-order chi connectivity index (χ0) is 15.2. The first-order valence-corrected chi connectivity index (χ1v) is 6.26. The Balaban J connectivity index is 2.31. The Morgan fingerprint density at radius 1 is 1.19 bits per heavy atom. The van der Waals surface area contributed by atoms with Crippen LogP contribution in [0.3, 0.4) is 0 Å².